The summed E-state index contributed by atoms with van der Waals surface area (Å²) in [4.78, 5) is 0. The van der Waals surface area contributed by atoms with Crippen molar-refractivity contribution in [3.8, 4) is 0 Å². The van der Waals surface area contributed by atoms with Gasteiger partial charge >= 0.3 is 198 Å². The average molecular weight is 550 g/mol. The van der Waals surface area contributed by atoms with Crippen molar-refractivity contribution in [1.29, 1.82) is 0 Å². The minimum atomic E-state index is -1.08. The Bertz CT molecular complexity index is 1150. The van der Waals surface area contributed by atoms with Crippen LogP contribution in [0.2, 0.25) is 3.12 Å². The molecule has 3 heteroatoms. The third-order valence-corrected chi connectivity index (χ3v) is 11.1. The van der Waals surface area contributed by atoms with Gasteiger partial charge in [-0.2, -0.15) is 0 Å². The molecule has 1 atom stereocenters. The molecule has 0 N–H and O–H groups in total. The van der Waals surface area contributed by atoms with E-state index < -0.39 is 22.8 Å². The molecule has 0 saturated heterocycles. The van der Waals surface area contributed by atoms with Gasteiger partial charge in [-0.15, -0.1) is 0 Å². The van der Waals surface area contributed by atoms with Gasteiger partial charge in [0.2, 0.25) is 0 Å². The topological polar surface area (TPSA) is 0 Å². The number of fused-ring (bicyclic) bond motifs is 1. The maximum atomic E-state index is 2.49. The smallest absolute Gasteiger partial charge is 1.00 e. The predicted octanol–water partition coefficient (Wildman–Crippen LogP) is 1.56. The Kier molecular flexibility index (Phi) is 8.68. The summed E-state index contributed by atoms with van der Waals surface area (Å²) in [7, 11) is 0. The molecule has 5 rings (SSSR count). The van der Waals surface area contributed by atoms with Gasteiger partial charge in [0.25, 0.3) is 0 Å². The van der Waals surface area contributed by atoms with Gasteiger partial charge in [-0.25, -0.2) is 0 Å². The summed E-state index contributed by atoms with van der Waals surface area (Å²) in [6, 6.07) is 29.2. The molecule has 0 aromatic heterocycles. The number of halogens is 2. The summed E-state index contributed by atoms with van der Waals surface area (Å²) < 4.78 is 1.69. The van der Waals surface area contributed by atoms with Gasteiger partial charge in [0.05, 0.1) is 0 Å². The van der Waals surface area contributed by atoms with E-state index >= 15 is 0 Å². The van der Waals surface area contributed by atoms with Crippen molar-refractivity contribution in [2.24, 2.45) is 0 Å². The normalized spacial score (nSPS) is 16.6. The van der Waals surface area contributed by atoms with Crippen molar-refractivity contribution in [1.82, 2.24) is 0 Å². The van der Waals surface area contributed by atoms with Gasteiger partial charge in [0.1, 0.15) is 0 Å². The Morgan fingerprint density at radius 1 is 0.788 bits per heavy atom. The molecule has 0 amide bonds. The Morgan fingerprint density at radius 2 is 1.36 bits per heavy atom. The van der Waals surface area contributed by atoms with E-state index in [2.05, 4.69) is 129 Å². The molecule has 3 aromatic rings. The molecule has 2 aliphatic carbocycles. The largest absolute Gasteiger partial charge is 1.00 e. The second-order valence-corrected chi connectivity index (χ2v) is 12.7. The molecule has 0 spiro atoms. The van der Waals surface area contributed by atoms with E-state index in [1.54, 1.807) is 3.21 Å². The number of hydrogen-bond acceptors (Lipinski definition) is 0. The van der Waals surface area contributed by atoms with Crippen LogP contribution in [-0.4, -0.2) is 3.21 Å². The van der Waals surface area contributed by atoms with E-state index in [0.717, 1.165) is 0 Å². The summed E-state index contributed by atoms with van der Waals surface area (Å²) in [5, 5.41) is 0. The van der Waals surface area contributed by atoms with Crippen molar-refractivity contribution in [3.63, 3.8) is 0 Å². The van der Waals surface area contributed by atoms with Crippen molar-refractivity contribution in [2.75, 3.05) is 0 Å². The second kappa shape index (κ2) is 11.1. The average Bonchev–Trinajstić information content (AvgIpc) is 3.46. The monoisotopic (exact) mass is 547 g/mol. The predicted molar refractivity (Wildman–Crippen MR) is 129 cm³/mol. The summed E-state index contributed by atoms with van der Waals surface area (Å²) >= 11 is -1.08. The second-order valence-electron chi connectivity index (χ2n) is 8.76. The summed E-state index contributed by atoms with van der Waals surface area (Å²) in [5.74, 6) is 0.985. The first kappa shape index (κ1) is 25.8. The molecule has 1 unspecified atom stereocenters. The molecule has 3 aromatic carbocycles. The standard InChI is InChI=1S/C17H17.C13H10.2ClH.Zr/c1-12(2)14-7-9-17-15(11-14)8-10-16(17)13-5-3-4-6-13;1-3-7-12(8-4-1)11-13-9-5-2-6-10-13;;;/h3-12,16H,1-2H3;1-10H;2*1H;/q;;;;+2/p-2. The van der Waals surface area contributed by atoms with Crippen molar-refractivity contribution < 1.29 is 47.6 Å². The first-order valence-corrected chi connectivity index (χ1v) is 13.6. The SMILES string of the molecule is CC(C)c1ccc2c(c1)C=CC2[C]1([Zr+2]=[C](c2ccccc2)c2ccccc2)C=CC=C1.[Cl-].[Cl-]. The molecular weight excluding hydrogens is 522 g/mol. The van der Waals surface area contributed by atoms with E-state index in [4.69, 9.17) is 0 Å². The molecule has 0 nitrogen and oxygen atoms in total. The molecule has 33 heavy (non-hydrogen) atoms. The van der Waals surface area contributed by atoms with Crippen LogP contribution < -0.4 is 24.8 Å². The molecule has 2 aliphatic rings. The first-order valence-electron chi connectivity index (χ1n) is 11.1. The number of allylic oxidation sites excluding steroid dienone is 5. The minimum Gasteiger partial charge on any atom is -1.00 e. The van der Waals surface area contributed by atoms with E-state index in [0.29, 0.717) is 11.8 Å². The van der Waals surface area contributed by atoms with Crippen molar-refractivity contribution in [2.45, 2.75) is 28.8 Å². The van der Waals surface area contributed by atoms with E-state index in [9.17, 15) is 0 Å². The van der Waals surface area contributed by atoms with Crippen LogP contribution in [0.15, 0.2) is 109 Å². The fourth-order valence-corrected chi connectivity index (χ4v) is 9.17. The van der Waals surface area contributed by atoms with Crippen LogP contribution in [-0.2, 0) is 22.8 Å². The van der Waals surface area contributed by atoms with Crippen LogP contribution in [0.4, 0.5) is 0 Å². The first-order chi connectivity index (χ1) is 15.2. The van der Waals surface area contributed by atoms with Crippen LogP contribution in [0.1, 0.15) is 53.5 Å². The Hall–Kier alpha value is -1.79. The molecular formula is C30H27Cl2Zr. The van der Waals surface area contributed by atoms with E-state index in [-0.39, 0.29) is 27.9 Å². The zero-order valence-corrected chi connectivity index (χ0v) is 22.9. The zero-order valence-electron chi connectivity index (χ0n) is 18.9. The fraction of sp³-hybridized carbons (Fsp3) is 0.167. The molecule has 0 radical (unpaired) electrons. The maximum Gasteiger partial charge on any atom is -1.00 e. The van der Waals surface area contributed by atoms with Gasteiger partial charge in [-0.05, 0) is 0 Å². The number of rotatable bonds is 5. The van der Waals surface area contributed by atoms with Crippen LogP contribution in [0.3, 0.4) is 0 Å². The van der Waals surface area contributed by atoms with Crippen LogP contribution in [0.25, 0.3) is 6.08 Å². The third kappa shape index (κ3) is 5.17. The quantitative estimate of drug-likeness (QED) is 0.454. The van der Waals surface area contributed by atoms with Gasteiger partial charge < -0.3 is 24.8 Å². The Morgan fingerprint density at radius 3 is 1.91 bits per heavy atom. The van der Waals surface area contributed by atoms with E-state index in [1.807, 2.05) is 0 Å². The molecule has 0 bridgehead atoms. The zero-order chi connectivity index (χ0) is 21.3. The fourth-order valence-electron chi connectivity index (χ4n) is 4.69. The van der Waals surface area contributed by atoms with Gasteiger partial charge in [0.15, 0.2) is 0 Å². The van der Waals surface area contributed by atoms with E-state index in [1.165, 1.54) is 27.8 Å². The van der Waals surface area contributed by atoms with Crippen LogP contribution in [0, 0.1) is 0 Å². The van der Waals surface area contributed by atoms with Gasteiger partial charge in [-0.3, -0.25) is 0 Å². The molecule has 165 valence electrons. The Balaban J connectivity index is 0.00000153. The molecule has 0 heterocycles. The minimum absolute atomic E-state index is 0. The molecule has 0 aliphatic heterocycles. The number of benzene rings is 3. The third-order valence-electron chi connectivity index (χ3n) is 6.42. The van der Waals surface area contributed by atoms with Gasteiger partial charge in [-0.1, -0.05) is 0 Å². The van der Waals surface area contributed by atoms with Crippen LogP contribution >= 0.6 is 0 Å². The summed E-state index contributed by atoms with van der Waals surface area (Å²) in [6.45, 7) is 4.55. The maximum absolute atomic E-state index is 2.49. The van der Waals surface area contributed by atoms with Gasteiger partial charge in [0, 0.05) is 0 Å². The summed E-state index contributed by atoms with van der Waals surface area (Å²) in [5.41, 5.74) is 7.08. The number of hydrogen-bond donors (Lipinski definition) is 0. The van der Waals surface area contributed by atoms with Crippen molar-refractivity contribution in [3.05, 3.63) is 137 Å². The molecule has 0 saturated carbocycles. The van der Waals surface area contributed by atoms with Crippen molar-refractivity contribution >= 4 is 9.28 Å². The Labute approximate surface area is 221 Å². The molecule has 0 fully saturated rings. The summed E-state index contributed by atoms with van der Waals surface area (Å²) in [6.07, 6.45) is 14.3. The van der Waals surface area contributed by atoms with Crippen LogP contribution in [0.5, 0.6) is 0 Å².